The Morgan fingerprint density at radius 1 is 0.842 bits per heavy atom. The maximum absolute atomic E-state index is 13.2. The fourth-order valence-corrected chi connectivity index (χ4v) is 3.75. The topological polar surface area (TPSA) is 97.8 Å². The molecule has 4 aromatic rings. The van der Waals surface area contributed by atoms with Crippen molar-refractivity contribution in [1.29, 1.82) is 0 Å². The van der Waals surface area contributed by atoms with Crippen LogP contribution >= 0.6 is 0 Å². The molecular formula is C30H27FN2O5. The first-order valence-corrected chi connectivity index (χ1v) is 12.0. The van der Waals surface area contributed by atoms with Crippen molar-refractivity contribution in [2.75, 3.05) is 6.61 Å². The van der Waals surface area contributed by atoms with E-state index in [9.17, 15) is 19.1 Å². The molecule has 0 aliphatic rings. The van der Waals surface area contributed by atoms with Gasteiger partial charge in [0, 0.05) is 18.3 Å². The molecule has 0 saturated heterocycles. The standard InChI is InChI=1S/C30H27FN2O5/c31-24-13-11-21(12-14-24)15-33-30(36)25-16-32-28(27(35)20-37-18-22-7-3-1-4-8-22)29(26(25)17-34)38-19-23-9-5-2-6-10-23/h1-14,16,34H,15,17-20H2,(H,33,36). The van der Waals surface area contributed by atoms with Gasteiger partial charge < -0.3 is 19.9 Å². The van der Waals surface area contributed by atoms with Crippen LogP contribution in [0.25, 0.3) is 0 Å². The quantitative estimate of drug-likeness (QED) is 0.268. The van der Waals surface area contributed by atoms with Crippen molar-refractivity contribution in [2.24, 2.45) is 0 Å². The monoisotopic (exact) mass is 514 g/mol. The maximum atomic E-state index is 13.2. The van der Waals surface area contributed by atoms with Gasteiger partial charge in [0.25, 0.3) is 5.91 Å². The third-order valence-corrected chi connectivity index (χ3v) is 5.74. The Bertz CT molecular complexity index is 1360. The normalized spacial score (nSPS) is 10.7. The lowest BCUT2D eigenvalue weighted by Gasteiger charge is -2.17. The number of carbonyl (C=O) groups excluding carboxylic acids is 2. The highest BCUT2D eigenvalue weighted by atomic mass is 19.1. The summed E-state index contributed by atoms with van der Waals surface area (Å²) in [7, 11) is 0. The molecule has 0 spiro atoms. The Balaban J connectivity index is 1.55. The number of nitrogens with zero attached hydrogens (tertiary/aromatic N) is 1. The summed E-state index contributed by atoms with van der Waals surface area (Å²) in [4.78, 5) is 30.3. The predicted molar refractivity (Wildman–Crippen MR) is 139 cm³/mol. The SMILES string of the molecule is O=C(NCc1ccc(F)cc1)c1cnc(C(=O)COCc2ccccc2)c(OCc2ccccc2)c1CO. The molecule has 1 amide bonds. The molecule has 194 valence electrons. The summed E-state index contributed by atoms with van der Waals surface area (Å²) >= 11 is 0. The van der Waals surface area contributed by atoms with Crippen LogP contribution in [0.1, 0.15) is 43.1 Å². The van der Waals surface area contributed by atoms with Gasteiger partial charge in [0.05, 0.1) is 18.8 Å². The van der Waals surface area contributed by atoms with Crippen molar-refractivity contribution in [3.05, 3.63) is 130 Å². The molecule has 2 N–H and O–H groups in total. The highest BCUT2D eigenvalue weighted by Gasteiger charge is 2.24. The summed E-state index contributed by atoms with van der Waals surface area (Å²) in [6.45, 7) is -0.343. The number of hydrogen-bond acceptors (Lipinski definition) is 6. The van der Waals surface area contributed by atoms with Gasteiger partial charge in [0.1, 0.15) is 19.0 Å². The Morgan fingerprint density at radius 2 is 1.47 bits per heavy atom. The Kier molecular flexibility index (Phi) is 9.28. The molecule has 0 radical (unpaired) electrons. The van der Waals surface area contributed by atoms with Crippen molar-refractivity contribution in [3.63, 3.8) is 0 Å². The number of aliphatic hydroxyl groups excluding tert-OH is 1. The van der Waals surface area contributed by atoms with Crippen molar-refractivity contribution < 1.29 is 28.6 Å². The van der Waals surface area contributed by atoms with Gasteiger partial charge in [-0.15, -0.1) is 0 Å². The Hall–Kier alpha value is -4.40. The molecular weight excluding hydrogens is 487 g/mol. The van der Waals surface area contributed by atoms with Crippen LogP contribution in [0, 0.1) is 5.82 Å². The molecule has 0 aliphatic heterocycles. The van der Waals surface area contributed by atoms with Crippen LogP contribution in [0.5, 0.6) is 5.75 Å². The first kappa shape index (κ1) is 26.7. The summed E-state index contributed by atoms with van der Waals surface area (Å²) in [6, 6.07) is 24.5. The number of ketones is 1. The van der Waals surface area contributed by atoms with Crippen molar-refractivity contribution in [1.82, 2.24) is 10.3 Å². The van der Waals surface area contributed by atoms with Crippen LogP contribution < -0.4 is 10.1 Å². The van der Waals surface area contributed by atoms with Crippen molar-refractivity contribution in [3.8, 4) is 5.75 Å². The van der Waals surface area contributed by atoms with E-state index < -0.39 is 18.3 Å². The molecule has 0 fully saturated rings. The van der Waals surface area contributed by atoms with Gasteiger partial charge >= 0.3 is 0 Å². The molecule has 0 unspecified atom stereocenters. The van der Waals surface area contributed by atoms with Crippen LogP contribution in [0.4, 0.5) is 4.39 Å². The van der Waals surface area contributed by atoms with E-state index in [1.165, 1.54) is 18.3 Å². The van der Waals surface area contributed by atoms with Crippen LogP contribution in [0.15, 0.2) is 91.1 Å². The number of nitrogens with one attached hydrogen (secondary N) is 1. The first-order chi connectivity index (χ1) is 18.5. The third-order valence-electron chi connectivity index (χ3n) is 5.74. The molecule has 0 atom stereocenters. The summed E-state index contributed by atoms with van der Waals surface area (Å²) in [5.74, 6) is -1.31. The fraction of sp³-hybridized carbons (Fsp3) is 0.167. The third kappa shape index (κ3) is 7.09. The molecule has 1 heterocycles. The highest BCUT2D eigenvalue weighted by molar-refractivity contribution is 6.01. The molecule has 0 aliphatic carbocycles. The van der Waals surface area contributed by atoms with E-state index in [4.69, 9.17) is 9.47 Å². The number of aromatic nitrogens is 1. The van der Waals surface area contributed by atoms with Gasteiger partial charge in [-0.1, -0.05) is 72.8 Å². The maximum Gasteiger partial charge on any atom is 0.253 e. The molecule has 0 bridgehead atoms. The molecule has 3 aromatic carbocycles. The van der Waals surface area contributed by atoms with Gasteiger partial charge in [-0.3, -0.25) is 9.59 Å². The predicted octanol–water partition coefficient (Wildman–Crippen LogP) is 4.62. The van der Waals surface area contributed by atoms with Crippen LogP contribution in [0.3, 0.4) is 0 Å². The lowest BCUT2D eigenvalue weighted by molar-refractivity contribution is 0.0716. The number of aliphatic hydroxyl groups is 1. The van der Waals surface area contributed by atoms with E-state index in [1.54, 1.807) is 12.1 Å². The summed E-state index contributed by atoms with van der Waals surface area (Å²) < 4.78 is 24.7. The number of hydrogen-bond donors (Lipinski definition) is 2. The molecule has 7 nitrogen and oxygen atoms in total. The van der Waals surface area contributed by atoms with E-state index >= 15 is 0 Å². The van der Waals surface area contributed by atoms with E-state index in [-0.39, 0.29) is 54.8 Å². The van der Waals surface area contributed by atoms with E-state index in [1.807, 2.05) is 60.7 Å². The van der Waals surface area contributed by atoms with E-state index in [0.717, 1.165) is 11.1 Å². The molecule has 1 aromatic heterocycles. The second-order valence-corrected chi connectivity index (χ2v) is 8.47. The zero-order valence-electron chi connectivity index (χ0n) is 20.6. The summed E-state index contributed by atoms with van der Waals surface area (Å²) in [5, 5.41) is 13.0. The fourth-order valence-electron chi connectivity index (χ4n) is 3.75. The Morgan fingerprint density at radius 3 is 2.11 bits per heavy atom. The lowest BCUT2D eigenvalue weighted by Crippen LogP contribution is -2.25. The second-order valence-electron chi connectivity index (χ2n) is 8.47. The number of rotatable bonds is 12. The van der Waals surface area contributed by atoms with Gasteiger partial charge in [-0.25, -0.2) is 9.37 Å². The number of ether oxygens (including phenoxy) is 2. The minimum atomic E-state index is -0.558. The number of halogens is 1. The minimum absolute atomic E-state index is 0.0269. The molecule has 38 heavy (non-hydrogen) atoms. The number of amides is 1. The van der Waals surface area contributed by atoms with Gasteiger partial charge in [0.15, 0.2) is 11.4 Å². The summed E-state index contributed by atoms with van der Waals surface area (Å²) in [5.41, 5.74) is 2.62. The van der Waals surface area contributed by atoms with Crippen LogP contribution in [0.2, 0.25) is 0 Å². The smallest absolute Gasteiger partial charge is 0.253 e. The Labute approximate surface area is 219 Å². The average Bonchev–Trinajstić information content (AvgIpc) is 2.96. The molecule has 4 rings (SSSR count). The van der Waals surface area contributed by atoms with Crippen molar-refractivity contribution >= 4 is 11.7 Å². The van der Waals surface area contributed by atoms with Gasteiger partial charge in [0.2, 0.25) is 5.78 Å². The van der Waals surface area contributed by atoms with Gasteiger partial charge in [-0.2, -0.15) is 0 Å². The van der Waals surface area contributed by atoms with Crippen LogP contribution in [-0.4, -0.2) is 28.4 Å². The highest BCUT2D eigenvalue weighted by Crippen LogP contribution is 2.28. The second kappa shape index (κ2) is 13.2. The van der Waals surface area contributed by atoms with Gasteiger partial charge in [-0.05, 0) is 28.8 Å². The largest absolute Gasteiger partial charge is 0.486 e. The molecule has 0 saturated carbocycles. The average molecular weight is 515 g/mol. The van der Waals surface area contributed by atoms with E-state index in [0.29, 0.717) is 5.56 Å². The lowest BCUT2D eigenvalue weighted by atomic mass is 10.1. The summed E-state index contributed by atoms with van der Waals surface area (Å²) in [6.07, 6.45) is 1.24. The number of carbonyl (C=O) groups is 2. The molecule has 8 heteroatoms. The zero-order chi connectivity index (χ0) is 26.7. The number of Topliss-reactive ketones (excluding diaryl/α,β-unsaturated/α-hetero) is 1. The van der Waals surface area contributed by atoms with Crippen molar-refractivity contribution in [2.45, 2.75) is 26.4 Å². The zero-order valence-corrected chi connectivity index (χ0v) is 20.6. The van der Waals surface area contributed by atoms with E-state index in [2.05, 4.69) is 10.3 Å². The number of benzene rings is 3. The van der Waals surface area contributed by atoms with Crippen LogP contribution in [-0.2, 0) is 31.1 Å². The minimum Gasteiger partial charge on any atom is -0.486 e. The number of pyridine rings is 1. The first-order valence-electron chi connectivity index (χ1n) is 12.0.